The topological polar surface area (TPSA) is 54.6 Å². The summed E-state index contributed by atoms with van der Waals surface area (Å²) in [6.07, 6.45) is 1.70. The van der Waals surface area contributed by atoms with Gasteiger partial charge in [0.2, 0.25) is 0 Å². The maximum Gasteiger partial charge on any atom is 0.273 e. The van der Waals surface area contributed by atoms with E-state index in [-0.39, 0.29) is 5.91 Å². The maximum atomic E-state index is 11.6. The molecule has 2 aromatic rings. The largest absolute Gasteiger partial charge is 0.457 e. The zero-order chi connectivity index (χ0) is 14.1. The fourth-order valence-corrected chi connectivity index (χ4v) is 2.20. The number of nitrogens with zero attached hydrogens (tertiary/aromatic N) is 1. The van der Waals surface area contributed by atoms with Crippen molar-refractivity contribution in [3.05, 3.63) is 52.2 Å². The molecular weight excluding hydrogens is 320 g/mol. The number of carbonyl (C=O) groups is 1. The van der Waals surface area contributed by atoms with Crippen LogP contribution in [0.15, 0.2) is 56.0 Å². The third-order valence-electron chi connectivity index (χ3n) is 3.00. The smallest absolute Gasteiger partial charge is 0.273 e. The number of hydrogen-bond acceptors (Lipinski definition) is 3. The Bertz CT molecular complexity index is 727. The van der Waals surface area contributed by atoms with Crippen molar-refractivity contribution in [2.45, 2.75) is 6.92 Å². The second-order valence-electron chi connectivity index (χ2n) is 4.41. The quantitative estimate of drug-likeness (QED) is 0.855. The Labute approximate surface area is 124 Å². The molecule has 5 heteroatoms. The number of amides is 1. The average Bonchev–Trinajstić information content (AvgIpc) is 3.02. The highest BCUT2D eigenvalue weighted by Crippen LogP contribution is 2.25. The van der Waals surface area contributed by atoms with Crippen LogP contribution in [0.5, 0.6) is 0 Å². The van der Waals surface area contributed by atoms with E-state index in [0.717, 1.165) is 15.8 Å². The molecule has 4 nitrogen and oxygen atoms in total. The van der Waals surface area contributed by atoms with Gasteiger partial charge in [0.15, 0.2) is 0 Å². The van der Waals surface area contributed by atoms with Crippen LogP contribution in [-0.2, 0) is 4.79 Å². The lowest BCUT2D eigenvalue weighted by Crippen LogP contribution is -2.12. The Morgan fingerprint density at radius 1 is 1.20 bits per heavy atom. The highest BCUT2D eigenvalue weighted by Gasteiger charge is 2.19. The first-order valence-electron chi connectivity index (χ1n) is 6.06. The third-order valence-corrected chi connectivity index (χ3v) is 3.53. The van der Waals surface area contributed by atoms with Crippen LogP contribution in [-0.4, -0.2) is 11.6 Å². The van der Waals surface area contributed by atoms with Crippen LogP contribution in [0.1, 0.15) is 12.7 Å². The summed E-state index contributed by atoms with van der Waals surface area (Å²) in [6, 6.07) is 11.6. The molecule has 100 valence electrons. The molecule has 20 heavy (non-hydrogen) atoms. The number of furan rings is 1. The van der Waals surface area contributed by atoms with Gasteiger partial charge in [-0.15, -0.1) is 0 Å². The number of rotatable bonds is 2. The van der Waals surface area contributed by atoms with Gasteiger partial charge in [-0.05, 0) is 37.3 Å². The minimum absolute atomic E-state index is 0.205. The van der Waals surface area contributed by atoms with Gasteiger partial charge in [0.1, 0.15) is 11.5 Å². The number of hydrogen-bond donors (Lipinski definition) is 1. The predicted molar refractivity (Wildman–Crippen MR) is 81.1 cm³/mol. The highest BCUT2D eigenvalue weighted by atomic mass is 79.9. The first kappa shape index (κ1) is 12.9. The van der Waals surface area contributed by atoms with E-state index in [1.165, 1.54) is 0 Å². The minimum atomic E-state index is -0.205. The highest BCUT2D eigenvalue weighted by molar-refractivity contribution is 9.10. The lowest BCUT2D eigenvalue weighted by atomic mass is 10.1. The number of halogens is 1. The van der Waals surface area contributed by atoms with Crippen molar-refractivity contribution >= 4 is 33.6 Å². The Kier molecular flexibility index (Phi) is 3.28. The molecule has 1 aromatic carbocycles. The van der Waals surface area contributed by atoms with Gasteiger partial charge >= 0.3 is 0 Å². The van der Waals surface area contributed by atoms with Gasteiger partial charge in [-0.25, -0.2) is 5.43 Å². The van der Waals surface area contributed by atoms with Gasteiger partial charge < -0.3 is 4.42 Å². The van der Waals surface area contributed by atoms with E-state index < -0.39 is 0 Å². The fourth-order valence-electron chi connectivity index (χ4n) is 1.93. The average molecular weight is 331 g/mol. The summed E-state index contributed by atoms with van der Waals surface area (Å²) < 4.78 is 6.76. The van der Waals surface area contributed by atoms with E-state index in [9.17, 15) is 4.79 Å². The molecule has 0 bridgehead atoms. The van der Waals surface area contributed by atoms with Crippen LogP contribution >= 0.6 is 15.9 Å². The van der Waals surface area contributed by atoms with E-state index in [0.29, 0.717) is 17.0 Å². The molecule has 0 spiro atoms. The summed E-state index contributed by atoms with van der Waals surface area (Å²) >= 11 is 3.40. The molecule has 1 aromatic heterocycles. The van der Waals surface area contributed by atoms with Gasteiger partial charge in [-0.2, -0.15) is 5.10 Å². The summed E-state index contributed by atoms with van der Waals surface area (Å²) in [5.74, 6) is 1.19. The van der Waals surface area contributed by atoms with E-state index in [1.807, 2.05) is 36.4 Å². The first-order chi connectivity index (χ1) is 9.63. The third kappa shape index (κ3) is 2.44. The van der Waals surface area contributed by atoms with Crippen LogP contribution in [0.4, 0.5) is 0 Å². The molecule has 1 N–H and O–H groups in total. The lowest BCUT2D eigenvalue weighted by molar-refractivity contribution is -0.116. The Morgan fingerprint density at radius 2 is 1.95 bits per heavy atom. The lowest BCUT2D eigenvalue weighted by Gasteiger charge is -1.97. The van der Waals surface area contributed by atoms with Crippen LogP contribution < -0.4 is 5.43 Å². The first-order valence-corrected chi connectivity index (χ1v) is 6.85. The zero-order valence-electron chi connectivity index (χ0n) is 10.7. The summed E-state index contributed by atoms with van der Waals surface area (Å²) in [5.41, 5.74) is 4.60. The van der Waals surface area contributed by atoms with Gasteiger partial charge in [0.05, 0.1) is 11.3 Å². The van der Waals surface area contributed by atoms with Crippen molar-refractivity contribution in [3.8, 4) is 11.3 Å². The van der Waals surface area contributed by atoms with Crippen molar-refractivity contribution in [2.24, 2.45) is 5.10 Å². The molecule has 0 aliphatic carbocycles. The zero-order valence-corrected chi connectivity index (χ0v) is 12.3. The summed E-state index contributed by atoms with van der Waals surface area (Å²) in [7, 11) is 0. The van der Waals surface area contributed by atoms with Crippen LogP contribution in [0, 0.1) is 0 Å². The van der Waals surface area contributed by atoms with Gasteiger partial charge in [0.25, 0.3) is 5.91 Å². The second-order valence-corrected chi connectivity index (χ2v) is 5.32. The van der Waals surface area contributed by atoms with E-state index in [2.05, 4.69) is 26.5 Å². The van der Waals surface area contributed by atoms with Gasteiger partial charge in [-0.3, -0.25) is 4.79 Å². The Hall–Kier alpha value is -2.14. The molecular formula is C15H11BrN2O2. The van der Waals surface area contributed by atoms with Crippen molar-refractivity contribution < 1.29 is 9.21 Å². The Balaban J connectivity index is 1.91. The van der Waals surface area contributed by atoms with Gasteiger partial charge in [-0.1, -0.05) is 28.1 Å². The molecule has 1 aliphatic heterocycles. The normalized spacial score (nSPS) is 16.4. The molecule has 1 aliphatic rings. The van der Waals surface area contributed by atoms with Crippen molar-refractivity contribution in [2.75, 3.05) is 0 Å². The fraction of sp³-hybridized carbons (Fsp3) is 0.0667. The second kappa shape index (κ2) is 5.09. The molecule has 0 saturated heterocycles. The molecule has 0 unspecified atom stereocenters. The standard InChI is InChI=1S/C15H11BrN2O2/c1-9-13(15(19)18-17-9)8-12-6-7-14(20-12)10-2-4-11(16)5-3-10/h2-8H,1H3,(H,18,19). The molecule has 0 fully saturated rings. The molecule has 0 saturated carbocycles. The maximum absolute atomic E-state index is 11.6. The SMILES string of the molecule is CC1=NNC(=O)C1=Cc1ccc(-c2ccc(Br)cc2)o1. The summed E-state index contributed by atoms with van der Waals surface area (Å²) in [6.45, 7) is 1.78. The summed E-state index contributed by atoms with van der Waals surface area (Å²) in [5, 5.41) is 3.87. The van der Waals surface area contributed by atoms with Crippen LogP contribution in [0.3, 0.4) is 0 Å². The number of hydrazone groups is 1. The summed E-state index contributed by atoms with van der Waals surface area (Å²) in [4.78, 5) is 11.6. The Morgan fingerprint density at radius 3 is 2.60 bits per heavy atom. The van der Waals surface area contributed by atoms with Crippen molar-refractivity contribution in [3.63, 3.8) is 0 Å². The number of benzene rings is 1. The monoisotopic (exact) mass is 330 g/mol. The molecule has 1 amide bonds. The van der Waals surface area contributed by atoms with Crippen LogP contribution in [0.25, 0.3) is 17.4 Å². The predicted octanol–water partition coefficient (Wildman–Crippen LogP) is 3.60. The molecule has 3 rings (SSSR count). The van der Waals surface area contributed by atoms with E-state index in [1.54, 1.807) is 13.0 Å². The molecule has 0 radical (unpaired) electrons. The van der Waals surface area contributed by atoms with E-state index >= 15 is 0 Å². The van der Waals surface area contributed by atoms with Crippen molar-refractivity contribution in [1.82, 2.24) is 5.43 Å². The van der Waals surface area contributed by atoms with Gasteiger partial charge in [0, 0.05) is 10.0 Å². The number of carbonyl (C=O) groups excluding carboxylic acids is 1. The molecule has 0 atom stereocenters. The molecule has 2 heterocycles. The number of nitrogens with one attached hydrogen (secondary N) is 1. The van der Waals surface area contributed by atoms with Crippen molar-refractivity contribution in [1.29, 1.82) is 0 Å². The minimum Gasteiger partial charge on any atom is -0.457 e. The van der Waals surface area contributed by atoms with E-state index in [4.69, 9.17) is 4.42 Å². The van der Waals surface area contributed by atoms with Crippen LogP contribution in [0.2, 0.25) is 0 Å².